The second-order valence-electron chi connectivity index (χ2n) is 8.88. The number of benzene rings is 1. The number of nitrogens with one attached hydrogen (secondary N) is 1. The number of phenols is 1. The molecule has 0 radical (unpaired) electrons. The minimum Gasteiger partial charge on any atom is -0.506 e. The van der Waals surface area contributed by atoms with Gasteiger partial charge in [0.2, 0.25) is 5.91 Å². The molecule has 1 aromatic heterocycles. The number of amides is 1. The first kappa shape index (κ1) is 27.4. The molecule has 0 aliphatic heterocycles. The lowest BCUT2D eigenvalue weighted by Gasteiger charge is -2.16. The summed E-state index contributed by atoms with van der Waals surface area (Å²) >= 11 is 0. The third-order valence-electron chi connectivity index (χ3n) is 5.54. The summed E-state index contributed by atoms with van der Waals surface area (Å²) in [6.07, 6.45) is 10.9. The topological polar surface area (TPSA) is 96.6 Å². The Kier molecular flexibility index (Phi) is 10.6. The van der Waals surface area contributed by atoms with E-state index in [-0.39, 0.29) is 17.1 Å². The van der Waals surface area contributed by atoms with Crippen LogP contribution in [0.2, 0.25) is 0 Å². The maximum absolute atomic E-state index is 13.2. The van der Waals surface area contributed by atoms with Crippen LogP contribution in [-0.4, -0.2) is 19.4 Å². The lowest BCUT2D eigenvalue weighted by Crippen LogP contribution is -2.32. The van der Waals surface area contributed by atoms with E-state index in [0.717, 1.165) is 32.1 Å². The summed E-state index contributed by atoms with van der Waals surface area (Å²) in [5.41, 5.74) is 3.46. The maximum atomic E-state index is 13.2. The first-order valence-electron chi connectivity index (χ1n) is 11.8. The minimum atomic E-state index is -4.27. The van der Waals surface area contributed by atoms with E-state index in [1.165, 1.54) is 17.4 Å². The molecular weight excluding hydrogens is 450 g/mol. The van der Waals surface area contributed by atoms with Crippen LogP contribution in [0, 0.1) is 0 Å². The number of aryl methyl sites for hydroxylation is 1. The summed E-state index contributed by atoms with van der Waals surface area (Å²) in [6.45, 7) is 8.23. The van der Waals surface area contributed by atoms with Gasteiger partial charge >= 0.3 is 0 Å². The van der Waals surface area contributed by atoms with Crippen LogP contribution in [0.4, 0.5) is 0 Å². The molecule has 1 aromatic carbocycles. The zero-order chi connectivity index (χ0) is 25.1. The van der Waals surface area contributed by atoms with Crippen LogP contribution in [0.5, 0.6) is 5.75 Å². The number of hydrogen-bond acceptors (Lipinski definition) is 5. The molecule has 0 saturated carbocycles. The highest BCUT2D eigenvalue weighted by Crippen LogP contribution is 2.32. The van der Waals surface area contributed by atoms with Gasteiger partial charge in [0.05, 0.1) is 12.7 Å². The Balaban J connectivity index is 2.30. The number of aromatic hydroxyl groups is 1. The molecule has 0 fully saturated rings. The smallest absolute Gasteiger partial charge is 0.268 e. The van der Waals surface area contributed by atoms with Crippen LogP contribution in [-0.2, 0) is 34.1 Å². The standard InChI is InChI=1S/C27H37NO5S/c1-5-6-7-12-23-17-16-22(15-14-21(4)11-8-10-20(2)3)26(30)27(23)34(31,32)28-25(29)19-24-13-9-18-33-24/h9-10,13-14,16-18,30H,5-8,11-12,15,19H2,1-4H3,(H,28,29)/b21-14+. The summed E-state index contributed by atoms with van der Waals surface area (Å²) in [7, 11) is -4.27. The number of phenolic OH excluding ortho intramolecular Hbond substituents is 1. The molecule has 0 aliphatic carbocycles. The van der Waals surface area contributed by atoms with E-state index in [0.29, 0.717) is 29.7 Å². The lowest BCUT2D eigenvalue weighted by atomic mass is 10.0. The predicted molar refractivity (Wildman–Crippen MR) is 135 cm³/mol. The first-order chi connectivity index (χ1) is 16.1. The summed E-state index contributed by atoms with van der Waals surface area (Å²) < 4.78 is 33.6. The highest BCUT2D eigenvalue weighted by molar-refractivity contribution is 7.90. The van der Waals surface area contributed by atoms with Gasteiger partial charge in [-0.05, 0) is 76.1 Å². The third-order valence-corrected chi connectivity index (χ3v) is 7.03. The SMILES string of the molecule is CCCCCc1ccc(C/C=C(\C)CCC=C(C)C)c(O)c1S(=O)(=O)NC(=O)Cc1ccco1. The Hall–Kier alpha value is -2.80. The quantitative estimate of drug-likeness (QED) is 0.267. The molecule has 0 spiro atoms. The van der Waals surface area contributed by atoms with Gasteiger partial charge in [0.1, 0.15) is 16.4 Å². The minimum absolute atomic E-state index is 0.203. The van der Waals surface area contributed by atoms with Crippen LogP contribution in [0.25, 0.3) is 0 Å². The van der Waals surface area contributed by atoms with Crippen LogP contribution in [0.15, 0.2) is 63.1 Å². The number of carbonyl (C=O) groups is 1. The molecule has 2 N–H and O–H groups in total. The maximum Gasteiger partial charge on any atom is 0.268 e. The largest absolute Gasteiger partial charge is 0.506 e. The van der Waals surface area contributed by atoms with Gasteiger partial charge in [-0.25, -0.2) is 13.1 Å². The molecule has 2 aromatic rings. The van der Waals surface area contributed by atoms with Crippen LogP contribution in [0.1, 0.15) is 76.7 Å². The average molecular weight is 488 g/mol. The fourth-order valence-corrected chi connectivity index (χ4v) is 5.04. The Bertz CT molecular complexity index is 1110. The van der Waals surface area contributed by atoms with E-state index >= 15 is 0 Å². The van der Waals surface area contributed by atoms with Gasteiger partial charge in [0.25, 0.3) is 10.0 Å². The van der Waals surface area contributed by atoms with Crippen LogP contribution < -0.4 is 4.72 Å². The fourth-order valence-electron chi connectivity index (χ4n) is 3.66. The Morgan fingerprint density at radius 2 is 1.82 bits per heavy atom. The summed E-state index contributed by atoms with van der Waals surface area (Å²) in [6, 6.07) is 6.77. The summed E-state index contributed by atoms with van der Waals surface area (Å²) in [4.78, 5) is 12.2. The molecule has 0 bridgehead atoms. The van der Waals surface area contributed by atoms with E-state index in [1.54, 1.807) is 24.3 Å². The third kappa shape index (κ3) is 8.52. The van der Waals surface area contributed by atoms with Gasteiger partial charge in [-0.1, -0.05) is 55.2 Å². The molecule has 0 atom stereocenters. The average Bonchev–Trinajstić information content (AvgIpc) is 3.25. The second kappa shape index (κ2) is 13.2. The van der Waals surface area contributed by atoms with Crippen molar-refractivity contribution in [3.63, 3.8) is 0 Å². The van der Waals surface area contributed by atoms with Crippen LogP contribution in [0.3, 0.4) is 0 Å². The monoisotopic (exact) mass is 487 g/mol. The number of rotatable bonds is 13. The zero-order valence-corrected chi connectivity index (χ0v) is 21.5. The highest BCUT2D eigenvalue weighted by atomic mass is 32.2. The highest BCUT2D eigenvalue weighted by Gasteiger charge is 2.27. The Labute approximate surface area is 203 Å². The molecule has 1 amide bonds. The van der Waals surface area contributed by atoms with Crippen molar-refractivity contribution in [3.05, 3.63) is 70.7 Å². The normalized spacial score (nSPS) is 11.9. The number of carbonyl (C=O) groups excluding carboxylic acids is 1. The molecule has 7 heteroatoms. The Morgan fingerprint density at radius 1 is 1.09 bits per heavy atom. The van der Waals surface area contributed by atoms with Gasteiger partial charge in [-0.15, -0.1) is 0 Å². The van der Waals surface area contributed by atoms with Crippen molar-refractivity contribution < 1.29 is 22.7 Å². The van der Waals surface area contributed by atoms with E-state index in [1.807, 2.05) is 13.0 Å². The van der Waals surface area contributed by atoms with Crippen molar-refractivity contribution in [2.45, 2.75) is 84.0 Å². The summed E-state index contributed by atoms with van der Waals surface area (Å²) in [5.74, 6) is -0.641. The molecule has 34 heavy (non-hydrogen) atoms. The van der Waals surface area contributed by atoms with Crippen molar-refractivity contribution in [2.24, 2.45) is 0 Å². The molecule has 1 heterocycles. The van der Waals surface area contributed by atoms with Crippen LogP contribution >= 0.6 is 0 Å². The van der Waals surface area contributed by atoms with Gasteiger partial charge < -0.3 is 9.52 Å². The lowest BCUT2D eigenvalue weighted by molar-refractivity contribution is -0.118. The van der Waals surface area contributed by atoms with E-state index in [9.17, 15) is 18.3 Å². The molecule has 186 valence electrons. The van der Waals surface area contributed by atoms with Gasteiger partial charge in [-0.2, -0.15) is 0 Å². The van der Waals surface area contributed by atoms with E-state index < -0.39 is 15.9 Å². The number of unbranched alkanes of at least 4 members (excludes halogenated alkanes) is 2. The van der Waals surface area contributed by atoms with E-state index in [4.69, 9.17) is 4.42 Å². The Morgan fingerprint density at radius 3 is 2.47 bits per heavy atom. The van der Waals surface area contributed by atoms with Crippen molar-refractivity contribution in [3.8, 4) is 5.75 Å². The van der Waals surface area contributed by atoms with Crippen molar-refractivity contribution in [2.75, 3.05) is 0 Å². The zero-order valence-electron chi connectivity index (χ0n) is 20.7. The molecule has 6 nitrogen and oxygen atoms in total. The number of furan rings is 1. The molecule has 0 unspecified atom stereocenters. The van der Waals surface area contributed by atoms with E-state index in [2.05, 4.69) is 31.6 Å². The van der Waals surface area contributed by atoms with Gasteiger partial charge in [-0.3, -0.25) is 4.79 Å². The molecule has 0 aliphatic rings. The number of allylic oxidation sites excluding steroid dienone is 4. The molecule has 0 saturated heterocycles. The molecule has 2 rings (SSSR count). The van der Waals surface area contributed by atoms with Gasteiger partial charge in [0, 0.05) is 0 Å². The number of sulfonamides is 1. The molecular formula is C27H37NO5S. The number of hydrogen-bond donors (Lipinski definition) is 2. The van der Waals surface area contributed by atoms with Crippen molar-refractivity contribution in [1.29, 1.82) is 0 Å². The predicted octanol–water partition coefficient (Wildman–Crippen LogP) is 6.00. The summed E-state index contributed by atoms with van der Waals surface area (Å²) in [5, 5.41) is 11.0. The van der Waals surface area contributed by atoms with Crippen molar-refractivity contribution >= 4 is 15.9 Å². The van der Waals surface area contributed by atoms with Gasteiger partial charge in [0.15, 0.2) is 0 Å². The second-order valence-corrected chi connectivity index (χ2v) is 10.5. The first-order valence-corrected chi connectivity index (χ1v) is 13.3. The van der Waals surface area contributed by atoms with Crippen molar-refractivity contribution in [1.82, 2.24) is 4.72 Å². The fraction of sp³-hybridized carbons (Fsp3) is 0.444.